The van der Waals surface area contributed by atoms with Crippen molar-refractivity contribution in [3.05, 3.63) is 93.5 Å². The second kappa shape index (κ2) is 9.62. The summed E-state index contributed by atoms with van der Waals surface area (Å²) in [5, 5.41) is 0.395. The number of hydrogen-bond donors (Lipinski definition) is 0. The van der Waals surface area contributed by atoms with Gasteiger partial charge in [-0.25, -0.2) is 8.42 Å². The Kier molecular flexibility index (Phi) is 6.97. The molecule has 1 aliphatic rings. The Bertz CT molecular complexity index is 1340. The van der Waals surface area contributed by atoms with Gasteiger partial charge in [0.1, 0.15) is 10.5 Å². The molecule has 1 aliphatic heterocycles. The van der Waals surface area contributed by atoms with E-state index in [-0.39, 0.29) is 28.0 Å². The molecule has 0 atom stereocenters. The molecule has 3 aromatic rings. The average Bonchev–Trinajstić information content (AvgIpc) is 2.80. The second-order valence-electron chi connectivity index (χ2n) is 8.55. The second-order valence-corrected chi connectivity index (χ2v) is 11.3. The number of ether oxygens (including phenoxy) is 2. The zero-order valence-electron chi connectivity index (χ0n) is 19.1. The van der Waals surface area contributed by atoms with Gasteiger partial charge in [-0.05, 0) is 43.7 Å². The van der Waals surface area contributed by atoms with E-state index in [0.29, 0.717) is 17.1 Å². The fourth-order valence-electron chi connectivity index (χ4n) is 3.81. The lowest BCUT2D eigenvalue weighted by atomic mass is 10.00. The standard InChI is InChI=1S/C26H25Cl2NO4S/c1-26(2)14-13-19-9-10-20(24(32-3)25(19)33-26)17-29(16-18-7-5-4-6-8-18)34(30,31)23-15-21(27)11-12-22(23)28/h4-15H,16-17H2,1-3H3. The minimum Gasteiger partial charge on any atom is -0.492 e. The number of fused-ring (bicyclic) bond motifs is 1. The first-order valence-electron chi connectivity index (χ1n) is 10.7. The Labute approximate surface area is 210 Å². The number of sulfonamides is 1. The highest BCUT2D eigenvalue weighted by atomic mass is 35.5. The molecule has 3 aromatic carbocycles. The summed E-state index contributed by atoms with van der Waals surface area (Å²) in [4.78, 5) is -0.0464. The van der Waals surface area contributed by atoms with Crippen LogP contribution in [0.25, 0.3) is 6.08 Å². The molecule has 8 heteroatoms. The van der Waals surface area contributed by atoms with Crippen LogP contribution >= 0.6 is 23.2 Å². The van der Waals surface area contributed by atoms with Crippen molar-refractivity contribution in [2.45, 2.75) is 37.4 Å². The highest BCUT2D eigenvalue weighted by Gasteiger charge is 2.31. The first-order valence-corrected chi connectivity index (χ1v) is 12.9. The molecular weight excluding hydrogens is 493 g/mol. The van der Waals surface area contributed by atoms with Crippen LogP contribution in [-0.2, 0) is 23.1 Å². The van der Waals surface area contributed by atoms with Gasteiger partial charge in [0.15, 0.2) is 11.5 Å². The van der Waals surface area contributed by atoms with Gasteiger partial charge >= 0.3 is 0 Å². The van der Waals surface area contributed by atoms with Crippen LogP contribution in [-0.4, -0.2) is 25.4 Å². The number of rotatable bonds is 7. The molecule has 34 heavy (non-hydrogen) atoms. The van der Waals surface area contributed by atoms with Crippen molar-refractivity contribution in [2.75, 3.05) is 7.11 Å². The normalized spacial score (nSPS) is 14.5. The van der Waals surface area contributed by atoms with Crippen LogP contribution in [0.3, 0.4) is 0 Å². The van der Waals surface area contributed by atoms with Crippen molar-refractivity contribution < 1.29 is 17.9 Å². The number of hydrogen-bond acceptors (Lipinski definition) is 4. The molecule has 178 valence electrons. The molecule has 1 heterocycles. The molecule has 0 radical (unpaired) electrons. The molecule has 0 aromatic heterocycles. The van der Waals surface area contributed by atoms with Gasteiger partial charge in [0, 0.05) is 29.2 Å². The predicted octanol–water partition coefficient (Wildman–Crippen LogP) is 6.58. The van der Waals surface area contributed by atoms with E-state index in [1.54, 1.807) is 13.2 Å². The number of halogens is 2. The number of methoxy groups -OCH3 is 1. The van der Waals surface area contributed by atoms with Crippen LogP contribution in [0.5, 0.6) is 11.5 Å². The molecule has 0 saturated carbocycles. The molecule has 0 amide bonds. The summed E-state index contributed by atoms with van der Waals surface area (Å²) < 4.78 is 40.9. The SMILES string of the molecule is COc1c(CN(Cc2ccccc2)S(=O)(=O)c2cc(Cl)ccc2Cl)ccc2c1OC(C)(C)C=C2. The van der Waals surface area contributed by atoms with Crippen LogP contribution in [0.2, 0.25) is 10.0 Å². The van der Waals surface area contributed by atoms with Gasteiger partial charge in [-0.3, -0.25) is 0 Å². The summed E-state index contributed by atoms with van der Waals surface area (Å²) in [6, 6.07) is 17.6. The van der Waals surface area contributed by atoms with E-state index in [9.17, 15) is 8.42 Å². The van der Waals surface area contributed by atoms with Crippen LogP contribution < -0.4 is 9.47 Å². The van der Waals surface area contributed by atoms with E-state index < -0.39 is 15.6 Å². The summed E-state index contributed by atoms with van der Waals surface area (Å²) in [6.45, 7) is 4.08. The minimum absolute atomic E-state index is 0.0457. The van der Waals surface area contributed by atoms with Crippen LogP contribution in [0.15, 0.2) is 71.6 Å². The van der Waals surface area contributed by atoms with E-state index in [2.05, 4.69) is 0 Å². The van der Waals surface area contributed by atoms with Gasteiger partial charge in [0.05, 0.1) is 12.1 Å². The third-order valence-electron chi connectivity index (χ3n) is 5.52. The van der Waals surface area contributed by atoms with Crippen molar-refractivity contribution in [3.63, 3.8) is 0 Å². The molecule has 0 fully saturated rings. The maximum absolute atomic E-state index is 13.8. The van der Waals surface area contributed by atoms with Crippen LogP contribution in [0.1, 0.15) is 30.5 Å². The lowest BCUT2D eigenvalue weighted by Gasteiger charge is -2.30. The monoisotopic (exact) mass is 517 g/mol. The maximum atomic E-state index is 13.8. The molecule has 5 nitrogen and oxygen atoms in total. The van der Waals surface area contributed by atoms with Crippen molar-refractivity contribution in [2.24, 2.45) is 0 Å². The Morgan fingerprint density at radius 2 is 1.74 bits per heavy atom. The van der Waals surface area contributed by atoms with Gasteiger partial charge < -0.3 is 9.47 Å². The molecule has 0 bridgehead atoms. The first-order chi connectivity index (χ1) is 16.1. The first kappa shape index (κ1) is 24.6. The summed E-state index contributed by atoms with van der Waals surface area (Å²) in [6.07, 6.45) is 3.96. The molecule has 0 saturated heterocycles. The molecule has 0 unspecified atom stereocenters. The average molecular weight is 518 g/mol. The number of benzene rings is 3. The Morgan fingerprint density at radius 3 is 2.44 bits per heavy atom. The lowest BCUT2D eigenvalue weighted by Crippen LogP contribution is -2.31. The molecule has 0 N–H and O–H groups in total. The van der Waals surface area contributed by atoms with Crippen molar-refractivity contribution >= 4 is 39.3 Å². The molecular formula is C26H25Cl2NO4S. The fraction of sp³-hybridized carbons (Fsp3) is 0.231. The predicted molar refractivity (Wildman–Crippen MR) is 136 cm³/mol. The van der Waals surface area contributed by atoms with Gasteiger partial charge in [-0.1, -0.05) is 71.7 Å². The van der Waals surface area contributed by atoms with Gasteiger partial charge in [-0.15, -0.1) is 0 Å². The third-order valence-corrected chi connectivity index (χ3v) is 8.03. The van der Waals surface area contributed by atoms with Crippen LogP contribution in [0.4, 0.5) is 0 Å². The Hall–Kier alpha value is -2.51. The van der Waals surface area contributed by atoms with Gasteiger partial charge in [-0.2, -0.15) is 4.31 Å². The van der Waals surface area contributed by atoms with Gasteiger partial charge in [0.2, 0.25) is 10.0 Å². The van der Waals surface area contributed by atoms with E-state index >= 15 is 0 Å². The molecule has 0 aliphatic carbocycles. The highest BCUT2D eigenvalue weighted by molar-refractivity contribution is 7.89. The number of nitrogens with zero attached hydrogens (tertiary/aromatic N) is 1. The topological polar surface area (TPSA) is 55.8 Å². The summed E-state index contributed by atoms with van der Waals surface area (Å²) in [5.74, 6) is 1.09. The van der Waals surface area contributed by atoms with E-state index in [0.717, 1.165) is 11.1 Å². The summed E-state index contributed by atoms with van der Waals surface area (Å²) in [7, 11) is -2.46. The van der Waals surface area contributed by atoms with Crippen molar-refractivity contribution in [3.8, 4) is 11.5 Å². The van der Waals surface area contributed by atoms with E-state index in [1.807, 2.05) is 68.5 Å². The smallest absolute Gasteiger partial charge is 0.245 e. The maximum Gasteiger partial charge on any atom is 0.245 e. The Balaban J connectivity index is 1.80. The quantitative estimate of drug-likeness (QED) is 0.355. The third kappa shape index (κ3) is 5.10. The van der Waals surface area contributed by atoms with Crippen molar-refractivity contribution in [1.82, 2.24) is 4.31 Å². The zero-order chi connectivity index (χ0) is 24.5. The minimum atomic E-state index is -4.01. The van der Waals surface area contributed by atoms with Crippen LogP contribution in [0, 0.1) is 0 Å². The lowest BCUT2D eigenvalue weighted by molar-refractivity contribution is 0.151. The van der Waals surface area contributed by atoms with Crippen molar-refractivity contribution in [1.29, 1.82) is 0 Å². The fourth-order valence-corrected chi connectivity index (χ4v) is 5.95. The molecule has 0 spiro atoms. The van der Waals surface area contributed by atoms with E-state index in [1.165, 1.54) is 16.4 Å². The summed E-state index contributed by atoms with van der Waals surface area (Å²) in [5.41, 5.74) is 1.87. The summed E-state index contributed by atoms with van der Waals surface area (Å²) >= 11 is 12.4. The zero-order valence-corrected chi connectivity index (χ0v) is 21.4. The largest absolute Gasteiger partial charge is 0.492 e. The van der Waals surface area contributed by atoms with E-state index in [4.69, 9.17) is 32.7 Å². The molecule has 4 rings (SSSR count). The highest BCUT2D eigenvalue weighted by Crippen LogP contribution is 2.42. The van der Waals surface area contributed by atoms with Gasteiger partial charge in [0.25, 0.3) is 0 Å². The Morgan fingerprint density at radius 1 is 1.00 bits per heavy atom.